The maximum atomic E-state index is 8.72. The Balaban J connectivity index is 2.09. The second kappa shape index (κ2) is 5.69. The zero-order valence-corrected chi connectivity index (χ0v) is 11.8. The summed E-state index contributed by atoms with van der Waals surface area (Å²) in [5, 5.41) is 15.8. The van der Waals surface area contributed by atoms with Crippen molar-refractivity contribution in [2.45, 2.75) is 6.42 Å². The van der Waals surface area contributed by atoms with Gasteiger partial charge in [0.15, 0.2) is 10.6 Å². The van der Waals surface area contributed by atoms with Crippen LogP contribution in [0.15, 0.2) is 48.8 Å². The lowest BCUT2D eigenvalue weighted by atomic mass is 10.1. The second-order valence-corrected chi connectivity index (χ2v) is 4.82. The number of hydrogen-bond acceptors (Lipinski definition) is 4. The molecular formula is C15H11N5S. The zero-order valence-electron chi connectivity index (χ0n) is 11.0. The van der Waals surface area contributed by atoms with Crippen LogP contribution < -0.4 is 0 Å². The van der Waals surface area contributed by atoms with Crippen molar-refractivity contribution < 1.29 is 0 Å². The fourth-order valence-electron chi connectivity index (χ4n) is 2.08. The first-order valence-corrected chi connectivity index (χ1v) is 6.74. The molecule has 3 aromatic rings. The van der Waals surface area contributed by atoms with Crippen molar-refractivity contribution in [2.24, 2.45) is 0 Å². The molecule has 0 bridgehead atoms. The average Bonchev–Trinajstić information content (AvgIpc) is 2.91. The van der Waals surface area contributed by atoms with Gasteiger partial charge in [-0.2, -0.15) is 10.4 Å². The van der Waals surface area contributed by atoms with Crippen molar-refractivity contribution in [1.82, 2.24) is 19.7 Å². The highest BCUT2D eigenvalue weighted by atomic mass is 32.1. The SMILES string of the molecule is N#CCc1ccc(-n2c(-c3cccnc3)n[nH]c2=S)cc1. The van der Waals surface area contributed by atoms with E-state index in [0.717, 1.165) is 16.8 Å². The topological polar surface area (TPSA) is 70.3 Å². The van der Waals surface area contributed by atoms with Crippen LogP contribution in [0.25, 0.3) is 17.1 Å². The Bertz CT molecular complexity index is 840. The third kappa shape index (κ3) is 2.59. The summed E-state index contributed by atoms with van der Waals surface area (Å²) in [6, 6.07) is 13.6. The van der Waals surface area contributed by atoms with E-state index in [2.05, 4.69) is 21.3 Å². The van der Waals surface area contributed by atoms with Gasteiger partial charge in [0.2, 0.25) is 0 Å². The summed E-state index contributed by atoms with van der Waals surface area (Å²) in [4.78, 5) is 4.11. The van der Waals surface area contributed by atoms with Crippen LogP contribution in [-0.2, 0) is 6.42 Å². The van der Waals surface area contributed by atoms with Crippen LogP contribution in [0.1, 0.15) is 5.56 Å². The van der Waals surface area contributed by atoms with Gasteiger partial charge in [-0.25, -0.2) is 0 Å². The van der Waals surface area contributed by atoms with Gasteiger partial charge in [0.25, 0.3) is 0 Å². The highest BCUT2D eigenvalue weighted by Crippen LogP contribution is 2.20. The molecule has 6 heteroatoms. The van der Waals surface area contributed by atoms with Crippen LogP contribution in [0.5, 0.6) is 0 Å². The smallest absolute Gasteiger partial charge is 0.200 e. The third-order valence-electron chi connectivity index (χ3n) is 3.07. The van der Waals surface area contributed by atoms with Crippen molar-refractivity contribution in [1.29, 1.82) is 5.26 Å². The van der Waals surface area contributed by atoms with E-state index in [4.69, 9.17) is 17.5 Å². The molecule has 0 radical (unpaired) electrons. The van der Waals surface area contributed by atoms with Crippen LogP contribution in [0.3, 0.4) is 0 Å². The number of nitrogens with zero attached hydrogens (tertiary/aromatic N) is 4. The monoisotopic (exact) mass is 293 g/mol. The van der Waals surface area contributed by atoms with Gasteiger partial charge in [-0.15, -0.1) is 0 Å². The van der Waals surface area contributed by atoms with Crippen molar-refractivity contribution >= 4 is 12.2 Å². The summed E-state index contributed by atoms with van der Waals surface area (Å²) >= 11 is 5.31. The number of nitrogens with one attached hydrogen (secondary N) is 1. The Labute approximate surface area is 126 Å². The first-order chi connectivity index (χ1) is 10.3. The molecule has 0 aliphatic carbocycles. The van der Waals surface area contributed by atoms with Gasteiger partial charge < -0.3 is 0 Å². The fourth-order valence-corrected chi connectivity index (χ4v) is 2.32. The molecule has 102 valence electrons. The lowest BCUT2D eigenvalue weighted by Gasteiger charge is -2.07. The van der Waals surface area contributed by atoms with E-state index in [-0.39, 0.29) is 0 Å². The van der Waals surface area contributed by atoms with Crippen molar-refractivity contribution in [3.63, 3.8) is 0 Å². The molecule has 21 heavy (non-hydrogen) atoms. The summed E-state index contributed by atoms with van der Waals surface area (Å²) in [5.74, 6) is 0.709. The molecule has 0 saturated carbocycles. The van der Waals surface area contributed by atoms with E-state index in [1.807, 2.05) is 41.0 Å². The van der Waals surface area contributed by atoms with Gasteiger partial charge >= 0.3 is 0 Å². The van der Waals surface area contributed by atoms with E-state index in [0.29, 0.717) is 17.0 Å². The van der Waals surface area contributed by atoms with Crippen LogP contribution in [-0.4, -0.2) is 19.7 Å². The quantitative estimate of drug-likeness (QED) is 0.753. The Morgan fingerprint density at radius 2 is 2.05 bits per heavy atom. The van der Waals surface area contributed by atoms with Crippen LogP contribution >= 0.6 is 12.2 Å². The minimum absolute atomic E-state index is 0.395. The van der Waals surface area contributed by atoms with Gasteiger partial charge in [0, 0.05) is 23.6 Å². The summed E-state index contributed by atoms with van der Waals surface area (Å²) in [6.07, 6.45) is 3.85. The lowest BCUT2D eigenvalue weighted by molar-refractivity contribution is 1.03. The average molecular weight is 293 g/mol. The maximum Gasteiger partial charge on any atom is 0.200 e. The number of H-pyrrole nitrogens is 1. The molecule has 0 aliphatic rings. The van der Waals surface area contributed by atoms with Crippen LogP contribution in [0.2, 0.25) is 0 Å². The Hall–Kier alpha value is -2.78. The lowest BCUT2D eigenvalue weighted by Crippen LogP contribution is -1.98. The van der Waals surface area contributed by atoms with Crippen molar-refractivity contribution in [2.75, 3.05) is 0 Å². The first kappa shape index (κ1) is 13.2. The predicted octanol–water partition coefficient (Wildman–Crippen LogP) is 3.06. The number of benzene rings is 1. The van der Waals surface area contributed by atoms with Gasteiger partial charge in [-0.1, -0.05) is 12.1 Å². The Kier molecular flexibility index (Phi) is 3.58. The molecule has 5 nitrogen and oxygen atoms in total. The summed E-state index contributed by atoms with van der Waals surface area (Å²) in [6.45, 7) is 0. The molecule has 0 spiro atoms. The maximum absolute atomic E-state index is 8.72. The number of aromatic nitrogens is 4. The number of pyridine rings is 1. The molecule has 0 saturated heterocycles. The third-order valence-corrected chi connectivity index (χ3v) is 3.34. The van der Waals surface area contributed by atoms with Crippen molar-refractivity contribution in [3.05, 3.63) is 59.1 Å². The van der Waals surface area contributed by atoms with Gasteiger partial charge in [-0.3, -0.25) is 14.6 Å². The molecule has 0 amide bonds. The largest absolute Gasteiger partial charge is 0.268 e. The van der Waals surface area contributed by atoms with Gasteiger partial charge in [0.1, 0.15) is 0 Å². The van der Waals surface area contributed by atoms with E-state index >= 15 is 0 Å². The second-order valence-electron chi connectivity index (χ2n) is 4.43. The van der Waals surface area contributed by atoms with Crippen LogP contribution in [0, 0.1) is 16.1 Å². The number of rotatable bonds is 3. The van der Waals surface area contributed by atoms with E-state index in [1.54, 1.807) is 12.4 Å². The molecule has 3 rings (SSSR count). The summed E-state index contributed by atoms with van der Waals surface area (Å²) in [5.41, 5.74) is 2.75. The molecule has 0 fully saturated rings. The molecule has 1 aromatic carbocycles. The number of hydrogen-bond donors (Lipinski definition) is 1. The standard InChI is InChI=1S/C15H11N5S/c16-8-7-11-3-5-13(6-4-11)20-14(18-19-15(20)21)12-2-1-9-17-10-12/h1-6,9-10H,7H2,(H,19,21). The first-order valence-electron chi connectivity index (χ1n) is 6.33. The number of nitriles is 1. The molecule has 1 N–H and O–H groups in total. The highest BCUT2D eigenvalue weighted by Gasteiger charge is 2.10. The van der Waals surface area contributed by atoms with E-state index in [9.17, 15) is 0 Å². The minimum atomic E-state index is 0.395. The highest BCUT2D eigenvalue weighted by molar-refractivity contribution is 7.71. The fraction of sp³-hybridized carbons (Fsp3) is 0.0667. The minimum Gasteiger partial charge on any atom is -0.268 e. The molecule has 0 unspecified atom stereocenters. The predicted molar refractivity (Wildman–Crippen MR) is 81.3 cm³/mol. The zero-order chi connectivity index (χ0) is 14.7. The van der Waals surface area contributed by atoms with E-state index < -0.39 is 0 Å². The molecular weight excluding hydrogens is 282 g/mol. The molecule has 0 atom stereocenters. The van der Waals surface area contributed by atoms with Gasteiger partial charge in [-0.05, 0) is 42.0 Å². The summed E-state index contributed by atoms with van der Waals surface area (Å²) in [7, 11) is 0. The Morgan fingerprint density at radius 1 is 1.24 bits per heavy atom. The van der Waals surface area contributed by atoms with Gasteiger partial charge in [0.05, 0.1) is 12.5 Å². The van der Waals surface area contributed by atoms with E-state index in [1.165, 1.54) is 0 Å². The molecule has 0 aliphatic heterocycles. The Morgan fingerprint density at radius 3 is 2.71 bits per heavy atom. The normalized spacial score (nSPS) is 10.2. The summed E-state index contributed by atoms with van der Waals surface area (Å²) < 4.78 is 2.37. The molecule has 2 aromatic heterocycles. The van der Waals surface area contributed by atoms with Crippen molar-refractivity contribution in [3.8, 4) is 23.1 Å². The van der Waals surface area contributed by atoms with Crippen LogP contribution in [0.4, 0.5) is 0 Å². The molecule has 2 heterocycles. The number of aromatic amines is 1.